The molecule has 0 spiro atoms. The van der Waals surface area contributed by atoms with Crippen molar-refractivity contribution in [3.05, 3.63) is 52.3 Å². The highest BCUT2D eigenvalue weighted by Crippen LogP contribution is 2.30. The maximum Gasteiger partial charge on any atom is 0.248 e. The minimum absolute atomic E-state index is 0.0464. The molecule has 0 bridgehead atoms. The molecule has 8 heteroatoms. The Morgan fingerprint density at radius 3 is 2.73 bits per heavy atom. The van der Waals surface area contributed by atoms with Crippen molar-refractivity contribution in [1.29, 1.82) is 0 Å². The van der Waals surface area contributed by atoms with Gasteiger partial charge in [0.1, 0.15) is 5.15 Å². The topological polar surface area (TPSA) is 81.1 Å². The van der Waals surface area contributed by atoms with Crippen molar-refractivity contribution in [3.8, 4) is 0 Å². The summed E-state index contributed by atoms with van der Waals surface area (Å²) in [5, 5.41) is 7.54. The van der Waals surface area contributed by atoms with Crippen LogP contribution in [0.4, 0.5) is 5.69 Å². The van der Waals surface area contributed by atoms with E-state index in [1.165, 1.54) is 6.08 Å². The maximum atomic E-state index is 12.2. The molecular formula is C18H20ClN3O3S. The summed E-state index contributed by atoms with van der Waals surface area (Å²) >= 11 is 6.39. The van der Waals surface area contributed by atoms with Gasteiger partial charge in [0.2, 0.25) is 5.91 Å². The fourth-order valence-electron chi connectivity index (χ4n) is 2.98. The second kappa shape index (κ2) is 7.25. The molecule has 0 unspecified atom stereocenters. The number of benzene rings is 1. The number of halogens is 1. The van der Waals surface area contributed by atoms with E-state index >= 15 is 0 Å². The molecule has 1 atom stereocenters. The number of anilines is 1. The average Bonchev–Trinajstić information content (AvgIpc) is 3.07. The number of aryl methyl sites for hydroxylation is 2. The third kappa shape index (κ3) is 3.99. The molecular weight excluding hydrogens is 374 g/mol. The molecule has 1 saturated heterocycles. The van der Waals surface area contributed by atoms with Gasteiger partial charge in [-0.2, -0.15) is 5.10 Å². The molecule has 1 aliphatic rings. The zero-order valence-corrected chi connectivity index (χ0v) is 16.1. The van der Waals surface area contributed by atoms with Crippen LogP contribution >= 0.6 is 11.6 Å². The van der Waals surface area contributed by atoms with Gasteiger partial charge in [-0.25, -0.2) is 13.1 Å². The van der Waals surface area contributed by atoms with Gasteiger partial charge in [-0.3, -0.25) is 4.79 Å². The van der Waals surface area contributed by atoms with Crippen molar-refractivity contribution < 1.29 is 13.2 Å². The van der Waals surface area contributed by atoms with Crippen LogP contribution in [0.1, 0.15) is 29.3 Å². The van der Waals surface area contributed by atoms with Crippen LogP contribution in [0.3, 0.4) is 0 Å². The van der Waals surface area contributed by atoms with Crippen molar-refractivity contribution >= 4 is 39.1 Å². The summed E-state index contributed by atoms with van der Waals surface area (Å²) < 4.78 is 24.9. The van der Waals surface area contributed by atoms with Crippen molar-refractivity contribution in [1.82, 2.24) is 9.78 Å². The van der Waals surface area contributed by atoms with E-state index in [4.69, 9.17) is 11.6 Å². The monoisotopic (exact) mass is 393 g/mol. The summed E-state index contributed by atoms with van der Waals surface area (Å²) in [7, 11) is -3.03. The Morgan fingerprint density at radius 2 is 2.08 bits per heavy atom. The van der Waals surface area contributed by atoms with Gasteiger partial charge >= 0.3 is 0 Å². The first-order valence-electron chi connectivity index (χ1n) is 8.26. The number of hydrogen-bond donors (Lipinski definition) is 1. The summed E-state index contributed by atoms with van der Waals surface area (Å²) in [5.41, 5.74) is 2.99. The molecule has 1 aromatic carbocycles. The number of sulfone groups is 1. The number of nitrogens with zero attached hydrogens (tertiary/aromatic N) is 2. The van der Waals surface area contributed by atoms with E-state index in [1.807, 2.05) is 31.2 Å². The lowest BCUT2D eigenvalue weighted by atomic mass is 10.2. The third-order valence-corrected chi connectivity index (χ3v) is 6.56. The van der Waals surface area contributed by atoms with Gasteiger partial charge in [0, 0.05) is 17.3 Å². The van der Waals surface area contributed by atoms with Crippen LogP contribution in [-0.2, 0) is 14.6 Å². The number of amides is 1. The van der Waals surface area contributed by atoms with Crippen LogP contribution in [0.2, 0.25) is 5.15 Å². The summed E-state index contributed by atoms with van der Waals surface area (Å²) in [6.45, 7) is 3.70. The molecule has 1 aliphatic heterocycles. The van der Waals surface area contributed by atoms with Gasteiger partial charge in [-0.1, -0.05) is 29.8 Å². The van der Waals surface area contributed by atoms with Gasteiger partial charge < -0.3 is 5.32 Å². The van der Waals surface area contributed by atoms with E-state index in [0.29, 0.717) is 22.8 Å². The molecule has 6 nitrogen and oxygen atoms in total. The fourth-order valence-corrected chi connectivity index (χ4v) is 5.05. The van der Waals surface area contributed by atoms with E-state index in [0.717, 1.165) is 11.3 Å². The first-order chi connectivity index (χ1) is 12.3. The highest BCUT2D eigenvalue weighted by Gasteiger charge is 2.31. The fraction of sp³-hybridized carbons (Fsp3) is 0.333. The molecule has 0 radical (unpaired) electrons. The van der Waals surface area contributed by atoms with Crippen molar-refractivity contribution in [2.24, 2.45) is 0 Å². The summed E-state index contributed by atoms with van der Waals surface area (Å²) in [6, 6.07) is 7.25. The van der Waals surface area contributed by atoms with Gasteiger partial charge in [-0.15, -0.1) is 0 Å². The number of rotatable bonds is 4. The Bertz CT molecular complexity index is 980. The second-order valence-corrected chi connectivity index (χ2v) is 9.02. The summed E-state index contributed by atoms with van der Waals surface area (Å²) in [5.74, 6) is -0.0762. The Balaban J connectivity index is 1.77. The number of para-hydroxylation sites is 1. The second-order valence-electron chi connectivity index (χ2n) is 6.43. The summed E-state index contributed by atoms with van der Waals surface area (Å²) in [4.78, 5) is 12.2. The van der Waals surface area contributed by atoms with E-state index in [2.05, 4.69) is 10.4 Å². The zero-order valence-electron chi connectivity index (χ0n) is 14.6. The molecule has 0 saturated carbocycles. The SMILES string of the molecule is Cc1ccccc1NC(=O)/C=C/c1c(C)nn([C@H]2CCS(=O)(=O)C2)c1Cl. The van der Waals surface area contributed by atoms with Crippen LogP contribution in [0, 0.1) is 13.8 Å². The first-order valence-corrected chi connectivity index (χ1v) is 10.5. The van der Waals surface area contributed by atoms with Crippen LogP contribution in [0.5, 0.6) is 0 Å². The van der Waals surface area contributed by atoms with Crippen molar-refractivity contribution in [3.63, 3.8) is 0 Å². The lowest BCUT2D eigenvalue weighted by molar-refractivity contribution is -0.111. The zero-order chi connectivity index (χ0) is 18.9. The molecule has 1 amide bonds. The predicted molar refractivity (Wildman–Crippen MR) is 103 cm³/mol. The largest absolute Gasteiger partial charge is 0.322 e. The highest BCUT2D eigenvalue weighted by atomic mass is 35.5. The van der Waals surface area contributed by atoms with Gasteiger partial charge in [0.05, 0.1) is 23.2 Å². The molecule has 138 valence electrons. The Kier molecular flexibility index (Phi) is 5.20. The molecule has 2 aromatic rings. The van der Waals surface area contributed by atoms with Gasteiger partial charge in [0.25, 0.3) is 0 Å². The van der Waals surface area contributed by atoms with E-state index in [9.17, 15) is 13.2 Å². The van der Waals surface area contributed by atoms with Gasteiger partial charge in [0.15, 0.2) is 9.84 Å². The minimum Gasteiger partial charge on any atom is -0.322 e. The molecule has 2 heterocycles. The molecule has 1 fully saturated rings. The van der Waals surface area contributed by atoms with Crippen LogP contribution in [0.25, 0.3) is 6.08 Å². The molecule has 3 rings (SSSR count). The number of hydrogen-bond acceptors (Lipinski definition) is 4. The number of carbonyl (C=O) groups excluding carboxylic acids is 1. The highest BCUT2D eigenvalue weighted by molar-refractivity contribution is 7.91. The normalized spacial score (nSPS) is 19.1. The molecule has 0 aliphatic carbocycles. The minimum atomic E-state index is -3.03. The number of aromatic nitrogens is 2. The Hall–Kier alpha value is -2.12. The molecule has 1 N–H and O–H groups in total. The predicted octanol–water partition coefficient (Wildman–Crippen LogP) is 3.16. The number of nitrogens with one attached hydrogen (secondary N) is 1. The van der Waals surface area contributed by atoms with Crippen LogP contribution in [-0.4, -0.2) is 35.6 Å². The van der Waals surface area contributed by atoms with Gasteiger partial charge in [-0.05, 0) is 38.0 Å². The molecule has 26 heavy (non-hydrogen) atoms. The Morgan fingerprint density at radius 1 is 1.35 bits per heavy atom. The van der Waals surface area contributed by atoms with Crippen LogP contribution in [0.15, 0.2) is 30.3 Å². The standard InChI is InChI=1S/C18H20ClN3O3S/c1-12-5-3-4-6-16(12)20-17(23)8-7-15-13(2)21-22(18(15)19)14-9-10-26(24,25)11-14/h3-8,14H,9-11H2,1-2H3,(H,20,23)/b8-7+/t14-/m0/s1. The smallest absolute Gasteiger partial charge is 0.248 e. The van der Waals surface area contributed by atoms with E-state index < -0.39 is 9.84 Å². The molecule has 1 aromatic heterocycles. The van der Waals surface area contributed by atoms with Crippen LogP contribution < -0.4 is 5.32 Å². The van der Waals surface area contributed by atoms with E-state index in [-0.39, 0.29) is 23.5 Å². The van der Waals surface area contributed by atoms with Crippen molar-refractivity contribution in [2.45, 2.75) is 26.3 Å². The summed E-state index contributed by atoms with van der Waals surface area (Å²) in [6.07, 6.45) is 3.51. The maximum absolute atomic E-state index is 12.2. The Labute approximate surface area is 157 Å². The van der Waals surface area contributed by atoms with Crippen molar-refractivity contribution in [2.75, 3.05) is 16.8 Å². The lowest BCUT2D eigenvalue weighted by Crippen LogP contribution is -2.12. The lowest BCUT2D eigenvalue weighted by Gasteiger charge is -2.09. The average molecular weight is 394 g/mol. The third-order valence-electron chi connectivity index (χ3n) is 4.43. The number of carbonyl (C=O) groups is 1. The quantitative estimate of drug-likeness (QED) is 0.809. The first kappa shape index (κ1) is 18.7. The van der Waals surface area contributed by atoms with E-state index in [1.54, 1.807) is 17.7 Å².